The molecule has 156 valence electrons. The van der Waals surface area contributed by atoms with E-state index in [1.165, 1.54) is 31.4 Å². The number of ether oxygens (including phenoxy) is 2. The summed E-state index contributed by atoms with van der Waals surface area (Å²) in [5.41, 5.74) is -0.596. The molecule has 0 radical (unpaired) electrons. The van der Waals surface area contributed by atoms with E-state index in [2.05, 4.69) is 0 Å². The predicted octanol–water partition coefficient (Wildman–Crippen LogP) is 1.58. The second-order valence-corrected chi connectivity index (χ2v) is 9.18. The summed E-state index contributed by atoms with van der Waals surface area (Å²) in [6.45, 7) is 0.0944. The van der Waals surface area contributed by atoms with Crippen LogP contribution in [0.4, 0.5) is 0 Å². The van der Waals surface area contributed by atoms with Crippen molar-refractivity contribution in [2.75, 3.05) is 20.8 Å². The lowest BCUT2D eigenvalue weighted by Gasteiger charge is -2.37. The second-order valence-electron chi connectivity index (χ2n) is 7.11. The fraction of sp³-hybridized carbons (Fsp3) is 0.381. The minimum Gasteiger partial charge on any atom is -0.468 e. The molecule has 0 bridgehead atoms. The molecule has 1 saturated heterocycles. The number of carbonyl (C=O) groups excluding carboxylic acids is 1. The zero-order valence-corrected chi connectivity index (χ0v) is 17.3. The van der Waals surface area contributed by atoms with Gasteiger partial charge < -0.3 is 9.47 Å². The first kappa shape index (κ1) is 21.4. The van der Waals surface area contributed by atoms with Crippen LogP contribution < -0.4 is 5.84 Å². The Morgan fingerprint density at radius 1 is 1.10 bits per heavy atom. The summed E-state index contributed by atoms with van der Waals surface area (Å²) in [5.74, 6) is 5.59. The molecule has 0 aliphatic carbocycles. The van der Waals surface area contributed by atoms with Crippen molar-refractivity contribution in [2.24, 2.45) is 5.84 Å². The molecule has 0 spiro atoms. The number of hydrazine groups is 1. The maximum atomic E-state index is 13.6. The fourth-order valence-electron chi connectivity index (χ4n) is 4.11. The Kier molecular flexibility index (Phi) is 6.38. The van der Waals surface area contributed by atoms with Crippen LogP contribution >= 0.6 is 0 Å². The molecule has 2 aromatic carbocycles. The highest BCUT2D eigenvalue weighted by Crippen LogP contribution is 2.41. The molecule has 8 heteroatoms. The molecule has 1 aliphatic heterocycles. The lowest BCUT2D eigenvalue weighted by molar-refractivity contribution is -0.154. The smallest absolute Gasteiger partial charge is 0.329 e. The number of sulfone groups is 1. The van der Waals surface area contributed by atoms with Crippen molar-refractivity contribution in [3.05, 3.63) is 66.2 Å². The van der Waals surface area contributed by atoms with E-state index in [4.69, 9.17) is 15.3 Å². The molecule has 1 fully saturated rings. The summed E-state index contributed by atoms with van der Waals surface area (Å²) in [5, 5.41) is 0.0738. The topological polar surface area (TPSA) is 98.9 Å². The first-order valence-electron chi connectivity index (χ1n) is 9.34. The number of rotatable bonds is 7. The first-order chi connectivity index (χ1) is 13.9. The van der Waals surface area contributed by atoms with E-state index in [9.17, 15) is 13.2 Å². The van der Waals surface area contributed by atoms with Gasteiger partial charge in [0.15, 0.2) is 15.4 Å². The van der Waals surface area contributed by atoms with E-state index in [0.717, 1.165) is 5.56 Å². The first-order valence-corrected chi connectivity index (χ1v) is 10.9. The van der Waals surface area contributed by atoms with Crippen LogP contribution in [0.2, 0.25) is 0 Å². The Balaban J connectivity index is 2.11. The normalized spacial score (nSPS) is 25.1. The third-order valence-electron chi connectivity index (χ3n) is 5.58. The van der Waals surface area contributed by atoms with Crippen LogP contribution in [-0.2, 0) is 30.5 Å². The number of aryl methyl sites for hydroxylation is 1. The fourth-order valence-corrected chi connectivity index (χ4v) is 6.40. The summed E-state index contributed by atoms with van der Waals surface area (Å²) in [4.78, 5) is 13.2. The summed E-state index contributed by atoms with van der Waals surface area (Å²) in [7, 11) is -1.28. The molecule has 3 atom stereocenters. The van der Waals surface area contributed by atoms with Crippen molar-refractivity contribution in [1.82, 2.24) is 5.01 Å². The molecule has 0 aromatic heterocycles. The summed E-state index contributed by atoms with van der Waals surface area (Å²) in [6.07, 6.45) is -0.141. The molecule has 2 N–H and O–H groups in total. The predicted molar refractivity (Wildman–Crippen MR) is 109 cm³/mol. The molecular weight excluding hydrogens is 392 g/mol. The second kappa shape index (κ2) is 8.62. The Hall–Kier alpha value is -2.26. The zero-order valence-electron chi connectivity index (χ0n) is 16.5. The molecule has 3 rings (SSSR count). The minimum absolute atomic E-state index is 0.0944. The minimum atomic E-state index is -3.95. The van der Waals surface area contributed by atoms with Crippen LogP contribution in [0.1, 0.15) is 12.0 Å². The third-order valence-corrected chi connectivity index (χ3v) is 7.87. The van der Waals surface area contributed by atoms with Crippen LogP contribution in [0.5, 0.6) is 0 Å². The lowest BCUT2D eigenvalue weighted by Crippen LogP contribution is -2.62. The van der Waals surface area contributed by atoms with Crippen molar-refractivity contribution in [3.63, 3.8) is 0 Å². The molecule has 1 aliphatic rings. The van der Waals surface area contributed by atoms with Crippen LogP contribution in [0, 0.1) is 0 Å². The number of nitrogens with two attached hydrogens (primary N) is 1. The Morgan fingerprint density at radius 3 is 2.24 bits per heavy atom. The van der Waals surface area contributed by atoms with Gasteiger partial charge in [0.05, 0.1) is 18.1 Å². The Morgan fingerprint density at radius 2 is 1.69 bits per heavy atom. The van der Waals surface area contributed by atoms with Gasteiger partial charge in [-0.25, -0.2) is 18.2 Å². The molecule has 29 heavy (non-hydrogen) atoms. The van der Waals surface area contributed by atoms with Gasteiger partial charge in [-0.3, -0.25) is 5.84 Å². The maximum Gasteiger partial charge on any atom is 0.329 e. The quantitative estimate of drug-likeness (QED) is 0.538. The molecule has 2 aromatic rings. The van der Waals surface area contributed by atoms with Crippen LogP contribution in [-0.4, -0.2) is 57.1 Å². The van der Waals surface area contributed by atoms with Gasteiger partial charge in [0.1, 0.15) is 5.25 Å². The SMILES string of the molecule is COC(=O)[C@]1(CCc2ccccc2)C(S(=O)(=O)c2ccccc2)[C@@H](OC)CN1N. The van der Waals surface area contributed by atoms with Crippen molar-refractivity contribution in [3.8, 4) is 0 Å². The summed E-state index contributed by atoms with van der Waals surface area (Å²) < 4.78 is 37.8. The number of hydrogen-bond donors (Lipinski definition) is 1. The van der Waals surface area contributed by atoms with Crippen molar-refractivity contribution < 1.29 is 22.7 Å². The van der Waals surface area contributed by atoms with Gasteiger partial charge in [-0.15, -0.1) is 0 Å². The van der Waals surface area contributed by atoms with Gasteiger partial charge in [0.2, 0.25) is 0 Å². The van der Waals surface area contributed by atoms with E-state index >= 15 is 0 Å². The summed E-state index contributed by atoms with van der Waals surface area (Å²) in [6, 6.07) is 17.6. The Bertz CT molecular complexity index is 936. The van der Waals surface area contributed by atoms with Gasteiger partial charge in [0.25, 0.3) is 0 Å². The molecule has 1 heterocycles. The van der Waals surface area contributed by atoms with Crippen LogP contribution in [0.25, 0.3) is 0 Å². The average molecular weight is 419 g/mol. The van der Waals surface area contributed by atoms with Gasteiger partial charge in [0, 0.05) is 13.7 Å². The highest BCUT2D eigenvalue weighted by atomic mass is 32.2. The van der Waals surface area contributed by atoms with Crippen molar-refractivity contribution >= 4 is 15.8 Å². The van der Waals surface area contributed by atoms with E-state index < -0.39 is 32.7 Å². The third kappa shape index (κ3) is 3.81. The van der Waals surface area contributed by atoms with Gasteiger partial charge in [-0.1, -0.05) is 48.5 Å². The number of esters is 1. The van der Waals surface area contributed by atoms with Gasteiger partial charge in [-0.05, 0) is 30.5 Å². The monoisotopic (exact) mass is 418 g/mol. The number of nitrogens with zero attached hydrogens (tertiary/aromatic N) is 1. The van der Waals surface area contributed by atoms with E-state index in [1.54, 1.807) is 18.2 Å². The van der Waals surface area contributed by atoms with Crippen molar-refractivity contribution in [1.29, 1.82) is 0 Å². The zero-order chi connectivity index (χ0) is 21.1. The van der Waals surface area contributed by atoms with E-state index in [1.807, 2.05) is 30.3 Å². The van der Waals surface area contributed by atoms with E-state index in [0.29, 0.717) is 6.42 Å². The van der Waals surface area contributed by atoms with Gasteiger partial charge in [-0.2, -0.15) is 0 Å². The van der Waals surface area contributed by atoms with Crippen molar-refractivity contribution in [2.45, 2.75) is 34.6 Å². The number of hydrogen-bond acceptors (Lipinski definition) is 7. The Labute approximate surface area is 171 Å². The maximum absolute atomic E-state index is 13.6. The number of benzene rings is 2. The molecule has 0 amide bonds. The van der Waals surface area contributed by atoms with Crippen LogP contribution in [0.3, 0.4) is 0 Å². The molecule has 1 unspecified atom stereocenters. The molecule has 0 saturated carbocycles. The van der Waals surface area contributed by atoms with Gasteiger partial charge >= 0.3 is 5.97 Å². The lowest BCUT2D eigenvalue weighted by atomic mass is 9.88. The average Bonchev–Trinajstić information content (AvgIpc) is 3.06. The van der Waals surface area contributed by atoms with Crippen LogP contribution in [0.15, 0.2) is 65.6 Å². The van der Waals surface area contributed by atoms with E-state index in [-0.39, 0.29) is 17.9 Å². The number of methoxy groups -OCH3 is 2. The molecular formula is C21H26N2O5S. The number of carbonyl (C=O) groups is 1. The highest BCUT2D eigenvalue weighted by molar-refractivity contribution is 7.92. The largest absolute Gasteiger partial charge is 0.468 e. The summed E-state index contributed by atoms with van der Waals surface area (Å²) >= 11 is 0. The molecule has 7 nitrogen and oxygen atoms in total. The highest BCUT2D eigenvalue weighted by Gasteiger charge is 2.64. The standard InChI is InChI=1S/C21H26N2O5S/c1-27-18-15-23(22)21(20(24)28-2,14-13-16-9-5-3-6-10-16)19(18)29(25,26)17-11-7-4-8-12-17/h3-12,18-19H,13-15,22H2,1-2H3/t18-,19?,21-/m0/s1.